The number of ether oxygens (including phenoxy) is 1. The van der Waals surface area contributed by atoms with Crippen LogP contribution in [0.1, 0.15) is 57.2 Å². The first-order valence-electron chi connectivity index (χ1n) is 9.65. The zero-order valence-corrected chi connectivity index (χ0v) is 19.0. The third-order valence-corrected chi connectivity index (χ3v) is 6.02. The van der Waals surface area contributed by atoms with E-state index in [1.54, 1.807) is 29.8 Å². The number of hydrogen-bond acceptors (Lipinski definition) is 5. The first-order chi connectivity index (χ1) is 13.5. The van der Waals surface area contributed by atoms with E-state index in [9.17, 15) is 0 Å². The van der Waals surface area contributed by atoms with Gasteiger partial charge in [-0.3, -0.25) is 0 Å². The van der Waals surface area contributed by atoms with Crippen LogP contribution in [-0.2, 0) is 4.74 Å². The lowest BCUT2D eigenvalue weighted by atomic mass is 10.1. The molecule has 2 rings (SSSR count). The highest BCUT2D eigenvalue weighted by Crippen LogP contribution is 2.29. The third kappa shape index (κ3) is 7.21. The molecule has 28 heavy (non-hydrogen) atoms. The van der Waals surface area contributed by atoms with Gasteiger partial charge >= 0.3 is 0 Å². The molecule has 0 fully saturated rings. The predicted octanol–water partition coefficient (Wildman–Crippen LogP) is 7.48. The first kappa shape index (κ1) is 22.3. The Morgan fingerprint density at radius 3 is 2.61 bits per heavy atom. The molecule has 0 saturated heterocycles. The molecule has 0 aromatic carbocycles. The molecule has 0 aliphatic carbocycles. The maximum absolute atomic E-state index is 5.27. The Labute approximate surface area is 177 Å². The first-order valence-corrected chi connectivity index (χ1v) is 11.4. The zero-order valence-electron chi connectivity index (χ0n) is 17.4. The quantitative estimate of drug-likeness (QED) is 0.298. The lowest BCUT2D eigenvalue weighted by Crippen LogP contribution is -1.88. The molecule has 5 heteroatoms. The molecular weight excluding hydrogens is 384 g/mol. The number of methoxy groups -OCH3 is 1. The second-order valence-corrected chi connectivity index (χ2v) is 8.60. The predicted molar refractivity (Wildman–Crippen MR) is 124 cm³/mol. The Balaban J connectivity index is 1.95. The summed E-state index contributed by atoms with van der Waals surface area (Å²) >= 11 is 3.34. The number of rotatable bonds is 10. The van der Waals surface area contributed by atoms with Gasteiger partial charge in [0.2, 0.25) is 0 Å². The van der Waals surface area contributed by atoms with Crippen LogP contribution in [0, 0.1) is 5.92 Å². The maximum atomic E-state index is 5.27. The van der Waals surface area contributed by atoms with Crippen LogP contribution in [-0.4, -0.2) is 17.1 Å². The standard InChI is InChI=1S/C23H30N2OS2/c1-6-20(26-5)14-10-9-13-19-15-27-23(24-19)21-16-28-22(25-21)18(4)12-8-7-11-17(2)3/h6-9,11-13,15-18H,10,14H2,1-5H3/b11-7+,12-8+,13-9+,20-6-. The summed E-state index contributed by atoms with van der Waals surface area (Å²) in [6.45, 7) is 8.53. The fraction of sp³-hybridized carbons (Fsp3) is 0.391. The van der Waals surface area contributed by atoms with Crippen LogP contribution in [0.4, 0.5) is 0 Å². The molecule has 0 amide bonds. The minimum Gasteiger partial charge on any atom is -0.501 e. The summed E-state index contributed by atoms with van der Waals surface area (Å²) in [5, 5.41) is 6.28. The molecule has 0 bridgehead atoms. The molecular formula is C23H30N2OS2. The molecule has 0 spiro atoms. The fourth-order valence-corrected chi connectivity index (χ4v) is 4.13. The van der Waals surface area contributed by atoms with E-state index in [0.717, 1.165) is 40.0 Å². The normalized spacial score (nSPS) is 14.1. The zero-order chi connectivity index (χ0) is 20.4. The average molecular weight is 415 g/mol. The van der Waals surface area contributed by atoms with Gasteiger partial charge in [0, 0.05) is 23.1 Å². The second-order valence-electron chi connectivity index (χ2n) is 6.85. The number of aromatic nitrogens is 2. The number of nitrogens with zero attached hydrogens (tertiary/aromatic N) is 2. The van der Waals surface area contributed by atoms with E-state index in [0.29, 0.717) is 11.8 Å². The van der Waals surface area contributed by atoms with E-state index in [4.69, 9.17) is 14.7 Å². The number of thiazole rings is 2. The molecule has 3 nitrogen and oxygen atoms in total. The molecule has 0 N–H and O–H groups in total. The highest BCUT2D eigenvalue weighted by Gasteiger charge is 2.11. The van der Waals surface area contributed by atoms with Crippen molar-refractivity contribution >= 4 is 28.7 Å². The van der Waals surface area contributed by atoms with E-state index in [1.807, 2.05) is 13.0 Å². The van der Waals surface area contributed by atoms with Gasteiger partial charge < -0.3 is 4.74 Å². The smallest absolute Gasteiger partial charge is 0.143 e. The Morgan fingerprint density at radius 2 is 1.89 bits per heavy atom. The van der Waals surface area contributed by atoms with Crippen LogP contribution in [0.3, 0.4) is 0 Å². The largest absolute Gasteiger partial charge is 0.501 e. The minimum absolute atomic E-state index is 0.302. The number of allylic oxidation sites excluding steroid dienone is 7. The van der Waals surface area contributed by atoms with Crippen molar-refractivity contribution in [1.29, 1.82) is 0 Å². The second kappa shape index (κ2) is 11.8. The van der Waals surface area contributed by atoms with E-state index in [1.165, 1.54) is 0 Å². The summed E-state index contributed by atoms with van der Waals surface area (Å²) < 4.78 is 5.27. The van der Waals surface area contributed by atoms with Crippen LogP contribution in [0.15, 0.2) is 53.0 Å². The molecule has 0 aliphatic rings. The Kier molecular flexibility index (Phi) is 9.38. The van der Waals surface area contributed by atoms with Crippen molar-refractivity contribution in [3.8, 4) is 10.7 Å². The van der Waals surface area contributed by atoms with Crippen molar-refractivity contribution in [1.82, 2.24) is 9.97 Å². The van der Waals surface area contributed by atoms with Gasteiger partial charge in [-0.15, -0.1) is 22.7 Å². The lowest BCUT2D eigenvalue weighted by molar-refractivity contribution is 0.277. The van der Waals surface area contributed by atoms with Crippen LogP contribution >= 0.6 is 22.7 Å². The van der Waals surface area contributed by atoms with E-state index >= 15 is 0 Å². The maximum Gasteiger partial charge on any atom is 0.143 e. The summed E-state index contributed by atoms with van der Waals surface area (Å²) in [7, 11) is 1.72. The monoisotopic (exact) mass is 414 g/mol. The van der Waals surface area contributed by atoms with E-state index in [2.05, 4.69) is 68.0 Å². The van der Waals surface area contributed by atoms with Crippen LogP contribution in [0.2, 0.25) is 0 Å². The van der Waals surface area contributed by atoms with Gasteiger partial charge in [-0.1, -0.05) is 51.2 Å². The molecule has 1 atom stereocenters. The molecule has 0 saturated carbocycles. The molecule has 0 aliphatic heterocycles. The fourth-order valence-electron chi connectivity index (χ4n) is 2.47. The van der Waals surface area contributed by atoms with Gasteiger partial charge in [0.05, 0.1) is 23.6 Å². The summed E-state index contributed by atoms with van der Waals surface area (Å²) in [5.74, 6) is 1.89. The van der Waals surface area contributed by atoms with Crippen molar-refractivity contribution in [2.75, 3.05) is 7.11 Å². The summed E-state index contributed by atoms with van der Waals surface area (Å²) in [6.07, 6.45) is 16.7. The lowest BCUT2D eigenvalue weighted by Gasteiger charge is -2.01. The van der Waals surface area contributed by atoms with E-state index in [-0.39, 0.29) is 0 Å². The van der Waals surface area contributed by atoms with Crippen molar-refractivity contribution in [3.63, 3.8) is 0 Å². The minimum atomic E-state index is 0.302. The van der Waals surface area contributed by atoms with E-state index < -0.39 is 0 Å². The number of hydrogen-bond donors (Lipinski definition) is 0. The molecule has 2 aromatic rings. The Bertz CT molecular complexity index is 840. The van der Waals surface area contributed by atoms with Crippen molar-refractivity contribution in [2.24, 2.45) is 5.92 Å². The molecule has 1 unspecified atom stereocenters. The topological polar surface area (TPSA) is 35.0 Å². The molecule has 2 heterocycles. The van der Waals surface area contributed by atoms with Crippen molar-refractivity contribution in [2.45, 2.75) is 46.5 Å². The highest BCUT2D eigenvalue weighted by atomic mass is 32.1. The van der Waals surface area contributed by atoms with Gasteiger partial charge in [0.25, 0.3) is 0 Å². The molecule has 2 aromatic heterocycles. The Hall–Kier alpha value is -1.98. The van der Waals surface area contributed by atoms with Gasteiger partial charge in [-0.25, -0.2) is 9.97 Å². The average Bonchev–Trinajstić information content (AvgIpc) is 3.34. The van der Waals surface area contributed by atoms with Crippen LogP contribution < -0.4 is 0 Å². The highest BCUT2D eigenvalue weighted by molar-refractivity contribution is 7.14. The summed E-state index contributed by atoms with van der Waals surface area (Å²) in [5.41, 5.74) is 1.96. The van der Waals surface area contributed by atoms with Crippen LogP contribution in [0.25, 0.3) is 16.8 Å². The van der Waals surface area contributed by atoms with Gasteiger partial charge in [0.1, 0.15) is 10.7 Å². The molecule has 150 valence electrons. The molecule has 0 radical (unpaired) electrons. The third-order valence-electron chi connectivity index (χ3n) is 4.09. The van der Waals surface area contributed by atoms with Gasteiger partial charge in [0.15, 0.2) is 0 Å². The summed E-state index contributed by atoms with van der Waals surface area (Å²) in [4.78, 5) is 9.50. The van der Waals surface area contributed by atoms with Crippen molar-refractivity contribution < 1.29 is 4.74 Å². The van der Waals surface area contributed by atoms with Gasteiger partial charge in [-0.2, -0.15) is 0 Å². The van der Waals surface area contributed by atoms with Crippen LogP contribution in [0.5, 0.6) is 0 Å². The van der Waals surface area contributed by atoms with Gasteiger partial charge in [-0.05, 0) is 31.4 Å². The van der Waals surface area contributed by atoms with Crippen molar-refractivity contribution in [3.05, 3.63) is 63.7 Å². The Morgan fingerprint density at radius 1 is 1.11 bits per heavy atom. The summed E-state index contributed by atoms with van der Waals surface area (Å²) in [6, 6.07) is 0. The SMILES string of the molecule is C/C=C(/CC/C=C/c1csc(-c2csc(C(C)/C=C/C=C/C(C)C)n2)n1)OC.